The van der Waals surface area contributed by atoms with Gasteiger partial charge in [-0.2, -0.15) is 0 Å². The van der Waals surface area contributed by atoms with Crippen LogP contribution in [0.4, 0.5) is 5.69 Å². The Morgan fingerprint density at radius 3 is 2.50 bits per heavy atom. The molecule has 2 aromatic carbocycles. The molecule has 2 nitrogen and oxygen atoms in total. The van der Waals surface area contributed by atoms with Gasteiger partial charge >= 0.3 is 0 Å². The van der Waals surface area contributed by atoms with Gasteiger partial charge < -0.3 is 5.11 Å². The minimum atomic E-state index is 0.236. The Kier molecular flexibility index (Phi) is 3.22. The van der Waals surface area contributed by atoms with E-state index in [4.69, 9.17) is 11.6 Å². The SMILES string of the molecule is Oc1cccc(C=Nc2ccc(Cl)cc2)c1. The number of phenolic OH excluding ortho intramolecular Hbond substituents is 1. The molecule has 3 heteroatoms. The molecular formula is C13H10ClNO. The number of halogens is 1. The molecular weight excluding hydrogens is 222 g/mol. The smallest absolute Gasteiger partial charge is 0.116 e. The molecule has 0 saturated heterocycles. The Balaban J connectivity index is 2.18. The third-order valence-electron chi connectivity index (χ3n) is 2.06. The van der Waals surface area contributed by atoms with Crippen molar-refractivity contribution in [1.82, 2.24) is 0 Å². The summed E-state index contributed by atoms with van der Waals surface area (Å²) in [5, 5.41) is 9.96. The number of phenols is 1. The van der Waals surface area contributed by atoms with Gasteiger partial charge in [-0.25, -0.2) is 0 Å². The summed E-state index contributed by atoms with van der Waals surface area (Å²) in [5.74, 6) is 0.236. The molecule has 0 saturated carbocycles. The number of hydrogen-bond acceptors (Lipinski definition) is 2. The first-order valence-corrected chi connectivity index (χ1v) is 5.20. The van der Waals surface area contributed by atoms with E-state index in [1.54, 1.807) is 36.5 Å². The van der Waals surface area contributed by atoms with Crippen LogP contribution >= 0.6 is 11.6 Å². The van der Waals surface area contributed by atoms with Gasteiger partial charge in [-0.15, -0.1) is 0 Å². The number of hydrogen-bond donors (Lipinski definition) is 1. The van der Waals surface area contributed by atoms with Crippen LogP contribution in [0.1, 0.15) is 5.56 Å². The number of aromatic hydroxyl groups is 1. The quantitative estimate of drug-likeness (QED) is 0.784. The second-order valence-corrected chi connectivity index (χ2v) is 3.77. The van der Waals surface area contributed by atoms with Gasteiger partial charge in [0.25, 0.3) is 0 Å². The van der Waals surface area contributed by atoms with Crippen LogP contribution < -0.4 is 0 Å². The normalized spacial score (nSPS) is 10.8. The van der Waals surface area contributed by atoms with Crippen molar-refractivity contribution in [3.05, 3.63) is 59.1 Å². The molecule has 0 heterocycles. The molecule has 0 aromatic heterocycles. The lowest BCUT2D eigenvalue weighted by Gasteiger charge is -1.95. The van der Waals surface area contributed by atoms with E-state index in [1.807, 2.05) is 18.2 Å². The van der Waals surface area contributed by atoms with E-state index in [1.165, 1.54) is 0 Å². The molecule has 2 rings (SSSR count). The molecule has 16 heavy (non-hydrogen) atoms. The lowest BCUT2D eigenvalue weighted by Crippen LogP contribution is -1.78. The lowest BCUT2D eigenvalue weighted by molar-refractivity contribution is 0.475. The predicted octanol–water partition coefficient (Wildman–Crippen LogP) is 3.80. The highest BCUT2D eigenvalue weighted by Gasteiger charge is 1.91. The van der Waals surface area contributed by atoms with Crippen molar-refractivity contribution in [3.8, 4) is 5.75 Å². The minimum absolute atomic E-state index is 0.236. The summed E-state index contributed by atoms with van der Waals surface area (Å²) in [6.07, 6.45) is 1.70. The van der Waals surface area contributed by atoms with Gasteiger partial charge in [-0.1, -0.05) is 23.7 Å². The fourth-order valence-corrected chi connectivity index (χ4v) is 1.41. The minimum Gasteiger partial charge on any atom is -0.508 e. The van der Waals surface area contributed by atoms with Gasteiger partial charge in [0.1, 0.15) is 5.75 Å². The standard InChI is InChI=1S/C13H10ClNO/c14-11-4-6-12(7-5-11)15-9-10-2-1-3-13(16)8-10/h1-9,16H. The summed E-state index contributed by atoms with van der Waals surface area (Å²) in [5.41, 5.74) is 1.68. The molecule has 0 bridgehead atoms. The molecule has 0 aliphatic heterocycles. The van der Waals surface area contributed by atoms with Crippen LogP contribution in [0.2, 0.25) is 5.02 Å². The maximum atomic E-state index is 9.27. The van der Waals surface area contributed by atoms with Gasteiger partial charge in [0.2, 0.25) is 0 Å². The van der Waals surface area contributed by atoms with Crippen LogP contribution in [0.3, 0.4) is 0 Å². The first-order chi connectivity index (χ1) is 7.74. The number of aliphatic imine (C=N–C) groups is 1. The van der Waals surface area contributed by atoms with Crippen molar-refractivity contribution in [3.63, 3.8) is 0 Å². The van der Waals surface area contributed by atoms with Crippen LogP contribution in [-0.2, 0) is 0 Å². The summed E-state index contributed by atoms with van der Waals surface area (Å²) in [6.45, 7) is 0. The number of benzene rings is 2. The zero-order valence-electron chi connectivity index (χ0n) is 8.47. The monoisotopic (exact) mass is 231 g/mol. The average molecular weight is 232 g/mol. The second-order valence-electron chi connectivity index (χ2n) is 3.33. The van der Waals surface area contributed by atoms with Crippen LogP contribution in [0, 0.1) is 0 Å². The average Bonchev–Trinajstić information content (AvgIpc) is 2.28. The lowest BCUT2D eigenvalue weighted by atomic mass is 10.2. The fraction of sp³-hybridized carbons (Fsp3) is 0. The van der Waals surface area contributed by atoms with Crippen LogP contribution in [-0.4, -0.2) is 11.3 Å². The third-order valence-corrected chi connectivity index (χ3v) is 2.31. The molecule has 2 aromatic rings. The first-order valence-electron chi connectivity index (χ1n) is 4.83. The van der Waals surface area contributed by atoms with E-state index in [0.717, 1.165) is 11.3 Å². The highest BCUT2D eigenvalue weighted by Crippen LogP contribution is 2.16. The van der Waals surface area contributed by atoms with E-state index < -0.39 is 0 Å². The first kappa shape index (κ1) is 10.7. The molecule has 0 radical (unpaired) electrons. The van der Waals surface area contributed by atoms with Crippen LogP contribution in [0.15, 0.2) is 53.5 Å². The molecule has 1 N–H and O–H groups in total. The van der Waals surface area contributed by atoms with E-state index in [0.29, 0.717) is 5.02 Å². The van der Waals surface area contributed by atoms with Gasteiger partial charge in [0.15, 0.2) is 0 Å². The Labute approximate surface area is 98.8 Å². The van der Waals surface area contributed by atoms with Gasteiger partial charge in [-0.05, 0) is 42.0 Å². The highest BCUT2D eigenvalue weighted by molar-refractivity contribution is 6.30. The molecule has 80 valence electrons. The van der Waals surface area contributed by atoms with E-state index in [-0.39, 0.29) is 5.75 Å². The van der Waals surface area contributed by atoms with Crippen molar-refractivity contribution in [2.24, 2.45) is 4.99 Å². The van der Waals surface area contributed by atoms with Gasteiger partial charge in [0.05, 0.1) is 5.69 Å². The third kappa shape index (κ3) is 2.84. The fourth-order valence-electron chi connectivity index (χ4n) is 1.28. The largest absolute Gasteiger partial charge is 0.508 e. The molecule has 0 aliphatic carbocycles. The summed E-state index contributed by atoms with van der Waals surface area (Å²) in [4.78, 5) is 4.26. The highest BCUT2D eigenvalue weighted by atomic mass is 35.5. The van der Waals surface area contributed by atoms with Crippen molar-refractivity contribution in [2.75, 3.05) is 0 Å². The van der Waals surface area contributed by atoms with E-state index >= 15 is 0 Å². The number of rotatable bonds is 2. The Bertz CT molecular complexity index is 506. The molecule has 0 aliphatic rings. The maximum absolute atomic E-state index is 9.27. The van der Waals surface area contributed by atoms with Gasteiger partial charge in [0, 0.05) is 11.2 Å². The second kappa shape index (κ2) is 4.81. The number of nitrogens with zero attached hydrogens (tertiary/aromatic N) is 1. The van der Waals surface area contributed by atoms with E-state index in [2.05, 4.69) is 4.99 Å². The topological polar surface area (TPSA) is 32.6 Å². The van der Waals surface area contributed by atoms with Crippen molar-refractivity contribution < 1.29 is 5.11 Å². The van der Waals surface area contributed by atoms with E-state index in [9.17, 15) is 5.11 Å². The molecule has 0 amide bonds. The summed E-state index contributed by atoms with van der Waals surface area (Å²) >= 11 is 5.76. The molecule has 0 fully saturated rings. The van der Waals surface area contributed by atoms with Crippen molar-refractivity contribution in [2.45, 2.75) is 0 Å². The Hall–Kier alpha value is -1.80. The summed E-state index contributed by atoms with van der Waals surface area (Å²) < 4.78 is 0. The molecule has 0 unspecified atom stereocenters. The summed E-state index contributed by atoms with van der Waals surface area (Å²) in [7, 11) is 0. The zero-order chi connectivity index (χ0) is 11.4. The Morgan fingerprint density at radius 2 is 1.81 bits per heavy atom. The molecule has 0 atom stereocenters. The van der Waals surface area contributed by atoms with Crippen molar-refractivity contribution in [1.29, 1.82) is 0 Å². The summed E-state index contributed by atoms with van der Waals surface area (Å²) in [6, 6.07) is 14.2. The van der Waals surface area contributed by atoms with Crippen LogP contribution in [0.5, 0.6) is 5.75 Å². The molecule has 0 spiro atoms. The van der Waals surface area contributed by atoms with Gasteiger partial charge in [-0.3, -0.25) is 4.99 Å². The zero-order valence-corrected chi connectivity index (χ0v) is 9.22. The van der Waals surface area contributed by atoms with Crippen molar-refractivity contribution >= 4 is 23.5 Å². The maximum Gasteiger partial charge on any atom is 0.116 e. The predicted molar refractivity (Wildman–Crippen MR) is 66.8 cm³/mol. The Morgan fingerprint density at radius 1 is 1.06 bits per heavy atom. The van der Waals surface area contributed by atoms with Crippen LogP contribution in [0.25, 0.3) is 0 Å².